The fourth-order valence-electron chi connectivity index (χ4n) is 3.10. The highest BCUT2D eigenvalue weighted by Crippen LogP contribution is 2.40. The molecule has 0 aromatic heterocycles. The van der Waals surface area contributed by atoms with E-state index >= 15 is 0 Å². The molecule has 0 unspecified atom stereocenters. The third-order valence-corrected chi connectivity index (χ3v) is 5.43. The van der Waals surface area contributed by atoms with Gasteiger partial charge in [0, 0.05) is 23.6 Å². The first kappa shape index (κ1) is 19.0. The maximum absolute atomic E-state index is 12.4. The van der Waals surface area contributed by atoms with E-state index < -0.39 is 16.1 Å². The van der Waals surface area contributed by atoms with Crippen LogP contribution in [0.5, 0.6) is 17.2 Å². The molecular weight excluding hydrogens is 368 g/mol. The molecule has 27 heavy (non-hydrogen) atoms. The van der Waals surface area contributed by atoms with E-state index in [1.165, 1.54) is 0 Å². The zero-order valence-corrected chi connectivity index (χ0v) is 16.5. The van der Waals surface area contributed by atoms with Gasteiger partial charge in [-0.15, -0.1) is 0 Å². The van der Waals surface area contributed by atoms with Gasteiger partial charge in [0.2, 0.25) is 10.0 Å². The van der Waals surface area contributed by atoms with E-state index in [-0.39, 0.29) is 0 Å². The van der Waals surface area contributed by atoms with Crippen LogP contribution in [0.25, 0.3) is 0 Å². The van der Waals surface area contributed by atoms with Gasteiger partial charge in [0.15, 0.2) is 0 Å². The molecule has 7 nitrogen and oxygen atoms in total. The van der Waals surface area contributed by atoms with Gasteiger partial charge < -0.3 is 14.2 Å². The molecule has 0 N–H and O–H groups in total. The Morgan fingerprint density at radius 3 is 2.33 bits per heavy atom. The number of ether oxygens (including phenoxy) is 3. The number of hydrazone groups is 1. The predicted octanol–water partition coefficient (Wildman–Crippen LogP) is 2.82. The smallest absolute Gasteiger partial charge is 0.247 e. The summed E-state index contributed by atoms with van der Waals surface area (Å²) >= 11 is 0. The highest BCUT2D eigenvalue weighted by atomic mass is 32.2. The minimum Gasteiger partial charge on any atom is -0.497 e. The van der Waals surface area contributed by atoms with Gasteiger partial charge in [0.05, 0.1) is 39.3 Å². The van der Waals surface area contributed by atoms with Gasteiger partial charge in [-0.2, -0.15) is 9.52 Å². The lowest BCUT2D eigenvalue weighted by Crippen LogP contribution is -2.26. The van der Waals surface area contributed by atoms with Crippen molar-refractivity contribution in [3.05, 3.63) is 53.6 Å². The number of nitrogens with zero attached hydrogens (tertiary/aromatic N) is 2. The second kappa shape index (κ2) is 7.48. The normalized spacial score (nSPS) is 16.8. The van der Waals surface area contributed by atoms with Gasteiger partial charge in [-0.3, -0.25) is 0 Å². The highest BCUT2D eigenvalue weighted by molar-refractivity contribution is 7.88. The van der Waals surface area contributed by atoms with E-state index in [0.717, 1.165) is 21.8 Å². The van der Waals surface area contributed by atoms with Gasteiger partial charge in [0.25, 0.3) is 0 Å². The van der Waals surface area contributed by atoms with Crippen molar-refractivity contribution in [2.75, 3.05) is 27.6 Å². The lowest BCUT2D eigenvalue weighted by Gasteiger charge is -2.23. The van der Waals surface area contributed by atoms with Gasteiger partial charge in [-0.25, -0.2) is 8.42 Å². The molecule has 1 aliphatic heterocycles. The summed E-state index contributed by atoms with van der Waals surface area (Å²) in [6.45, 7) is 0. The summed E-state index contributed by atoms with van der Waals surface area (Å²) in [5, 5.41) is 4.40. The number of hydrogen-bond donors (Lipinski definition) is 0. The number of methoxy groups -OCH3 is 3. The van der Waals surface area contributed by atoms with Crippen molar-refractivity contribution in [2.24, 2.45) is 5.10 Å². The fraction of sp³-hybridized carbons (Fsp3) is 0.316. The van der Waals surface area contributed by atoms with Crippen molar-refractivity contribution < 1.29 is 22.6 Å². The summed E-state index contributed by atoms with van der Waals surface area (Å²) in [5.41, 5.74) is 2.21. The Kier molecular flexibility index (Phi) is 5.27. The molecule has 0 fully saturated rings. The molecule has 2 aromatic carbocycles. The van der Waals surface area contributed by atoms with Crippen LogP contribution in [0.4, 0.5) is 0 Å². The summed E-state index contributed by atoms with van der Waals surface area (Å²) < 4.78 is 41.8. The van der Waals surface area contributed by atoms with Gasteiger partial charge >= 0.3 is 0 Å². The van der Waals surface area contributed by atoms with Crippen LogP contribution in [-0.4, -0.2) is 46.1 Å². The Morgan fingerprint density at radius 2 is 1.70 bits per heavy atom. The van der Waals surface area contributed by atoms with Crippen molar-refractivity contribution in [1.29, 1.82) is 0 Å². The first-order valence-electron chi connectivity index (χ1n) is 8.30. The molecule has 2 aromatic rings. The maximum atomic E-state index is 12.4. The van der Waals surface area contributed by atoms with Crippen LogP contribution in [0.3, 0.4) is 0 Å². The van der Waals surface area contributed by atoms with Crippen LogP contribution < -0.4 is 14.2 Å². The second-order valence-corrected chi connectivity index (χ2v) is 7.98. The summed E-state index contributed by atoms with van der Waals surface area (Å²) in [4.78, 5) is 0. The van der Waals surface area contributed by atoms with E-state index in [4.69, 9.17) is 14.2 Å². The molecule has 0 spiro atoms. The number of hydrogen-bond acceptors (Lipinski definition) is 6. The second-order valence-electron chi connectivity index (χ2n) is 6.14. The van der Waals surface area contributed by atoms with Gasteiger partial charge in [0.1, 0.15) is 17.2 Å². The number of rotatable bonds is 6. The van der Waals surface area contributed by atoms with Crippen LogP contribution >= 0.6 is 0 Å². The molecule has 0 bridgehead atoms. The van der Waals surface area contributed by atoms with Crippen molar-refractivity contribution in [2.45, 2.75) is 12.5 Å². The lowest BCUT2D eigenvalue weighted by atomic mass is 9.98. The molecule has 8 heteroatoms. The Hall–Kier alpha value is -2.74. The SMILES string of the molecule is COc1cccc(C2=NN(S(C)(=O)=O)[C@@H](c3ccc(OC)cc3OC)C2)c1. The third kappa shape index (κ3) is 3.85. The Bertz CT molecular complexity index is 972. The zero-order chi connectivity index (χ0) is 19.6. The number of benzene rings is 2. The molecule has 0 aliphatic carbocycles. The molecular formula is C19H22N2O5S. The molecule has 0 saturated heterocycles. The van der Waals surface area contributed by atoms with Crippen LogP contribution in [-0.2, 0) is 10.0 Å². The number of sulfonamides is 1. The molecule has 1 aliphatic rings. The summed E-state index contributed by atoms with van der Waals surface area (Å²) in [5.74, 6) is 1.87. The van der Waals surface area contributed by atoms with E-state index in [0.29, 0.717) is 29.4 Å². The Morgan fingerprint density at radius 1 is 1.00 bits per heavy atom. The minimum absolute atomic E-state index is 0.420. The first-order valence-corrected chi connectivity index (χ1v) is 10.2. The zero-order valence-electron chi connectivity index (χ0n) is 15.7. The van der Waals surface area contributed by atoms with Gasteiger partial charge in [-0.05, 0) is 24.3 Å². The predicted molar refractivity (Wildman–Crippen MR) is 103 cm³/mol. The average Bonchev–Trinajstić information content (AvgIpc) is 3.13. The third-order valence-electron chi connectivity index (χ3n) is 4.41. The van der Waals surface area contributed by atoms with Crippen molar-refractivity contribution in [3.63, 3.8) is 0 Å². The molecule has 144 valence electrons. The van der Waals surface area contributed by atoms with Crippen molar-refractivity contribution >= 4 is 15.7 Å². The van der Waals surface area contributed by atoms with E-state index in [1.807, 2.05) is 30.3 Å². The van der Waals surface area contributed by atoms with E-state index in [9.17, 15) is 8.42 Å². The first-order chi connectivity index (χ1) is 12.9. The molecule has 0 saturated carbocycles. The molecule has 0 amide bonds. The molecule has 0 radical (unpaired) electrons. The Labute approximate surface area is 159 Å². The quantitative estimate of drug-likeness (QED) is 0.758. The van der Waals surface area contributed by atoms with Crippen molar-refractivity contribution in [1.82, 2.24) is 4.41 Å². The molecule has 3 rings (SSSR count). The van der Waals surface area contributed by atoms with Crippen LogP contribution in [0.2, 0.25) is 0 Å². The van der Waals surface area contributed by atoms with Crippen LogP contribution in [0.1, 0.15) is 23.6 Å². The fourth-order valence-corrected chi connectivity index (χ4v) is 3.99. The van der Waals surface area contributed by atoms with Gasteiger partial charge in [-0.1, -0.05) is 12.1 Å². The summed E-state index contributed by atoms with van der Waals surface area (Å²) in [7, 11) is 1.13. The summed E-state index contributed by atoms with van der Waals surface area (Å²) in [6, 6.07) is 12.2. The average molecular weight is 390 g/mol. The monoisotopic (exact) mass is 390 g/mol. The summed E-state index contributed by atoms with van der Waals surface area (Å²) in [6.07, 6.45) is 1.57. The molecule has 1 atom stereocenters. The largest absolute Gasteiger partial charge is 0.497 e. The Balaban J connectivity index is 2.04. The standard InChI is InChI=1S/C19H22N2O5S/c1-24-14-7-5-6-13(10-14)17-12-18(21(20-17)27(4,22)23)16-9-8-15(25-2)11-19(16)26-3/h5-11,18H,12H2,1-4H3/t18-/m1/s1. The molecule has 1 heterocycles. The van der Waals surface area contributed by atoms with Crippen LogP contribution in [0, 0.1) is 0 Å². The van der Waals surface area contributed by atoms with Crippen LogP contribution in [0.15, 0.2) is 47.6 Å². The highest BCUT2D eigenvalue weighted by Gasteiger charge is 2.36. The van der Waals surface area contributed by atoms with E-state index in [2.05, 4.69) is 5.10 Å². The topological polar surface area (TPSA) is 77.4 Å². The van der Waals surface area contributed by atoms with Crippen molar-refractivity contribution in [3.8, 4) is 17.2 Å². The minimum atomic E-state index is -3.57. The maximum Gasteiger partial charge on any atom is 0.247 e. The van der Waals surface area contributed by atoms with E-state index in [1.54, 1.807) is 33.5 Å². The lowest BCUT2D eigenvalue weighted by molar-refractivity contribution is 0.348.